The molecule has 1 aliphatic rings. The average Bonchev–Trinajstić information content (AvgIpc) is 3.05. The molecule has 118 valence electrons. The number of carbonyl (C=O) groups is 1. The number of thiazole rings is 1. The molecule has 1 aliphatic heterocycles. The molecule has 0 bridgehead atoms. The molecule has 5 heteroatoms. The highest BCUT2D eigenvalue weighted by Gasteiger charge is 2.24. The molecule has 0 radical (unpaired) electrons. The van der Waals surface area contributed by atoms with E-state index < -0.39 is 5.97 Å². The molecule has 0 unspecified atom stereocenters. The Morgan fingerprint density at radius 2 is 1.87 bits per heavy atom. The Morgan fingerprint density at radius 1 is 1.17 bits per heavy atom. The summed E-state index contributed by atoms with van der Waals surface area (Å²) in [6, 6.07) is 7.94. The van der Waals surface area contributed by atoms with Crippen molar-refractivity contribution in [2.45, 2.75) is 33.1 Å². The molecule has 0 fully saturated rings. The van der Waals surface area contributed by atoms with Crippen molar-refractivity contribution in [3.05, 3.63) is 57.2 Å². The summed E-state index contributed by atoms with van der Waals surface area (Å²) in [5, 5.41) is 2.84. The second-order valence-electron chi connectivity index (χ2n) is 6.45. The lowest BCUT2D eigenvalue weighted by Crippen LogP contribution is -2.11. The van der Waals surface area contributed by atoms with Crippen molar-refractivity contribution in [3.63, 3.8) is 0 Å². The van der Waals surface area contributed by atoms with Crippen molar-refractivity contribution in [3.8, 4) is 0 Å². The lowest BCUT2D eigenvalue weighted by atomic mass is 9.87. The number of benzene rings is 1. The SMILES string of the molecule is Cc1nc(/C=C2\N=C(c3ccc(C(C)(C)C)cc3)OC2=O)cs1. The van der Waals surface area contributed by atoms with Gasteiger partial charge in [0.2, 0.25) is 5.90 Å². The summed E-state index contributed by atoms with van der Waals surface area (Å²) in [6.07, 6.45) is 1.66. The van der Waals surface area contributed by atoms with Crippen LogP contribution in [0.1, 0.15) is 42.6 Å². The van der Waals surface area contributed by atoms with Crippen molar-refractivity contribution in [2.24, 2.45) is 4.99 Å². The van der Waals surface area contributed by atoms with Gasteiger partial charge in [0, 0.05) is 10.9 Å². The summed E-state index contributed by atoms with van der Waals surface area (Å²) in [7, 11) is 0. The van der Waals surface area contributed by atoms with Gasteiger partial charge in [0.1, 0.15) is 0 Å². The molecule has 0 N–H and O–H groups in total. The molecule has 2 aromatic rings. The molecule has 0 atom stereocenters. The molecule has 0 saturated heterocycles. The van der Waals surface area contributed by atoms with Crippen molar-refractivity contribution in [2.75, 3.05) is 0 Å². The number of esters is 1. The Kier molecular flexibility index (Phi) is 3.90. The van der Waals surface area contributed by atoms with Gasteiger partial charge in [0.25, 0.3) is 0 Å². The van der Waals surface area contributed by atoms with Gasteiger partial charge in [-0.25, -0.2) is 14.8 Å². The number of hydrogen-bond donors (Lipinski definition) is 0. The molecule has 3 rings (SSSR count). The third kappa shape index (κ3) is 3.40. The first kappa shape index (κ1) is 15.6. The van der Waals surface area contributed by atoms with Gasteiger partial charge in [0.15, 0.2) is 5.70 Å². The first-order valence-corrected chi connectivity index (χ1v) is 8.26. The maximum absolute atomic E-state index is 12.0. The van der Waals surface area contributed by atoms with Gasteiger partial charge >= 0.3 is 5.97 Å². The van der Waals surface area contributed by atoms with Gasteiger partial charge in [-0.15, -0.1) is 11.3 Å². The Bertz CT molecular complexity index is 808. The lowest BCUT2D eigenvalue weighted by molar-refractivity contribution is -0.129. The Labute approximate surface area is 139 Å². The standard InChI is InChI=1S/C18H18N2O2S/c1-11-19-14(10-23-11)9-15-17(21)22-16(20-15)12-5-7-13(8-6-12)18(2,3)4/h5-10H,1-4H3/b15-9-. The predicted octanol–water partition coefficient (Wildman–Crippen LogP) is 4.09. The Hall–Kier alpha value is -2.27. The molecule has 2 heterocycles. The topological polar surface area (TPSA) is 51.6 Å². The van der Waals surface area contributed by atoms with Gasteiger partial charge in [-0.3, -0.25) is 0 Å². The van der Waals surface area contributed by atoms with Crippen molar-refractivity contribution < 1.29 is 9.53 Å². The molecule has 4 nitrogen and oxygen atoms in total. The van der Waals surface area contributed by atoms with Crippen LogP contribution in [0.3, 0.4) is 0 Å². The quantitative estimate of drug-likeness (QED) is 0.617. The van der Waals surface area contributed by atoms with E-state index in [0.29, 0.717) is 5.90 Å². The van der Waals surface area contributed by atoms with Crippen molar-refractivity contribution >= 4 is 29.3 Å². The van der Waals surface area contributed by atoms with Crippen LogP contribution in [-0.2, 0) is 14.9 Å². The van der Waals surface area contributed by atoms with E-state index in [4.69, 9.17) is 4.74 Å². The van der Waals surface area contributed by atoms with Gasteiger partial charge in [-0.2, -0.15) is 0 Å². The zero-order valence-corrected chi connectivity index (χ0v) is 14.4. The second-order valence-corrected chi connectivity index (χ2v) is 7.52. The third-order valence-electron chi connectivity index (χ3n) is 3.54. The van der Waals surface area contributed by atoms with Gasteiger partial charge < -0.3 is 4.74 Å². The fourth-order valence-electron chi connectivity index (χ4n) is 2.23. The zero-order chi connectivity index (χ0) is 16.6. The predicted molar refractivity (Wildman–Crippen MR) is 92.6 cm³/mol. The lowest BCUT2D eigenvalue weighted by Gasteiger charge is -2.18. The summed E-state index contributed by atoms with van der Waals surface area (Å²) in [5.74, 6) is -0.0980. The van der Waals surface area contributed by atoms with Crippen LogP contribution in [0, 0.1) is 6.92 Å². The molecule has 0 saturated carbocycles. The smallest absolute Gasteiger partial charge is 0.363 e. The number of aryl methyl sites for hydroxylation is 1. The minimum Gasteiger partial charge on any atom is -0.402 e. The zero-order valence-electron chi connectivity index (χ0n) is 13.6. The summed E-state index contributed by atoms with van der Waals surface area (Å²) >= 11 is 1.53. The summed E-state index contributed by atoms with van der Waals surface area (Å²) in [6.45, 7) is 8.40. The minimum absolute atomic E-state index is 0.0836. The van der Waals surface area contributed by atoms with Crippen LogP contribution in [0.25, 0.3) is 6.08 Å². The van der Waals surface area contributed by atoms with E-state index in [9.17, 15) is 4.79 Å². The highest BCUT2D eigenvalue weighted by Crippen LogP contribution is 2.24. The molecule has 0 amide bonds. The van der Waals surface area contributed by atoms with E-state index in [2.05, 4.69) is 30.7 Å². The maximum Gasteiger partial charge on any atom is 0.363 e. The number of carbonyl (C=O) groups excluding carboxylic acids is 1. The van der Waals surface area contributed by atoms with E-state index in [0.717, 1.165) is 16.3 Å². The van der Waals surface area contributed by atoms with Crippen molar-refractivity contribution in [1.29, 1.82) is 0 Å². The van der Waals surface area contributed by atoms with Crippen LogP contribution < -0.4 is 0 Å². The molecular weight excluding hydrogens is 308 g/mol. The number of hydrogen-bond acceptors (Lipinski definition) is 5. The van der Waals surface area contributed by atoms with E-state index in [-0.39, 0.29) is 11.1 Å². The van der Waals surface area contributed by atoms with E-state index in [1.54, 1.807) is 6.08 Å². The minimum atomic E-state index is -0.439. The van der Waals surface area contributed by atoms with Crippen LogP contribution in [0.2, 0.25) is 0 Å². The molecule has 0 spiro atoms. The maximum atomic E-state index is 12.0. The summed E-state index contributed by atoms with van der Waals surface area (Å²) in [5.41, 5.74) is 3.11. The summed E-state index contributed by atoms with van der Waals surface area (Å²) < 4.78 is 5.28. The monoisotopic (exact) mass is 326 g/mol. The first-order chi connectivity index (χ1) is 10.8. The molecule has 1 aromatic carbocycles. The number of aliphatic imine (C=N–C) groups is 1. The fourth-order valence-corrected chi connectivity index (χ4v) is 2.80. The highest BCUT2D eigenvalue weighted by molar-refractivity contribution is 7.09. The molecule has 1 aromatic heterocycles. The van der Waals surface area contributed by atoms with Crippen LogP contribution in [0.4, 0.5) is 0 Å². The Morgan fingerprint density at radius 3 is 2.43 bits per heavy atom. The van der Waals surface area contributed by atoms with E-state index >= 15 is 0 Å². The number of ether oxygens (including phenoxy) is 1. The van der Waals surface area contributed by atoms with E-state index in [1.807, 2.05) is 36.6 Å². The number of aromatic nitrogens is 1. The third-order valence-corrected chi connectivity index (χ3v) is 4.33. The number of cyclic esters (lactones) is 1. The normalized spacial score (nSPS) is 16.6. The number of nitrogens with zero attached hydrogens (tertiary/aromatic N) is 2. The van der Waals surface area contributed by atoms with Crippen LogP contribution in [-0.4, -0.2) is 16.9 Å². The molecule has 0 aliphatic carbocycles. The largest absolute Gasteiger partial charge is 0.402 e. The summed E-state index contributed by atoms with van der Waals surface area (Å²) in [4.78, 5) is 20.6. The van der Waals surface area contributed by atoms with Crippen LogP contribution in [0.5, 0.6) is 0 Å². The first-order valence-electron chi connectivity index (χ1n) is 7.38. The van der Waals surface area contributed by atoms with E-state index in [1.165, 1.54) is 16.9 Å². The van der Waals surface area contributed by atoms with Crippen LogP contribution in [0.15, 0.2) is 40.3 Å². The highest BCUT2D eigenvalue weighted by atomic mass is 32.1. The van der Waals surface area contributed by atoms with Gasteiger partial charge in [0.05, 0.1) is 10.7 Å². The Balaban J connectivity index is 1.88. The molecular formula is C18H18N2O2S. The number of rotatable bonds is 2. The van der Waals surface area contributed by atoms with Crippen LogP contribution >= 0.6 is 11.3 Å². The van der Waals surface area contributed by atoms with Gasteiger partial charge in [-0.1, -0.05) is 32.9 Å². The second kappa shape index (κ2) is 5.74. The molecule has 23 heavy (non-hydrogen) atoms. The van der Waals surface area contributed by atoms with Crippen molar-refractivity contribution in [1.82, 2.24) is 4.98 Å². The fraction of sp³-hybridized carbons (Fsp3) is 0.278. The van der Waals surface area contributed by atoms with Gasteiger partial charge in [-0.05, 0) is 36.1 Å². The average molecular weight is 326 g/mol.